The van der Waals surface area contributed by atoms with E-state index in [1.54, 1.807) is 0 Å². The lowest BCUT2D eigenvalue weighted by molar-refractivity contribution is -0.115. The van der Waals surface area contributed by atoms with E-state index in [9.17, 15) is 4.79 Å². The number of nitrogens with zero attached hydrogens (tertiary/aromatic N) is 1. The Morgan fingerprint density at radius 2 is 1.88 bits per heavy atom. The van der Waals surface area contributed by atoms with Crippen LogP contribution in [0.15, 0.2) is 46.9 Å². The summed E-state index contributed by atoms with van der Waals surface area (Å²) in [7, 11) is 0. The highest BCUT2D eigenvalue weighted by molar-refractivity contribution is 9.10. The maximum Gasteiger partial charge on any atom is 0.228 e. The molecule has 4 nitrogen and oxygen atoms in total. The molecule has 5 heteroatoms. The van der Waals surface area contributed by atoms with Crippen LogP contribution >= 0.6 is 15.9 Å². The molecule has 0 aliphatic carbocycles. The van der Waals surface area contributed by atoms with Gasteiger partial charge in [-0.15, -0.1) is 0 Å². The molecule has 2 aromatic carbocycles. The molecule has 24 heavy (non-hydrogen) atoms. The predicted octanol–water partition coefficient (Wildman–Crippen LogP) is 3.78. The van der Waals surface area contributed by atoms with Crippen molar-refractivity contribution in [1.29, 1.82) is 0 Å². The molecular weight excluding hydrogens is 368 g/mol. The van der Waals surface area contributed by atoms with Crippen molar-refractivity contribution >= 4 is 33.2 Å². The third-order valence-corrected chi connectivity index (χ3v) is 4.63. The van der Waals surface area contributed by atoms with Gasteiger partial charge >= 0.3 is 0 Å². The molecule has 1 amide bonds. The molecule has 1 aliphatic rings. The fraction of sp³-hybridized carbons (Fsp3) is 0.316. The number of rotatable bonds is 4. The Balaban J connectivity index is 1.59. The van der Waals surface area contributed by atoms with Crippen LogP contribution in [0.4, 0.5) is 11.4 Å². The van der Waals surface area contributed by atoms with Gasteiger partial charge < -0.3 is 15.0 Å². The number of ether oxygens (including phenoxy) is 1. The third kappa shape index (κ3) is 4.36. The summed E-state index contributed by atoms with van der Waals surface area (Å²) in [6, 6.07) is 14.1. The van der Waals surface area contributed by atoms with E-state index < -0.39 is 0 Å². The van der Waals surface area contributed by atoms with Crippen LogP contribution in [-0.2, 0) is 16.0 Å². The molecule has 1 heterocycles. The number of nitrogens with one attached hydrogen (secondary N) is 1. The molecule has 1 aliphatic heterocycles. The summed E-state index contributed by atoms with van der Waals surface area (Å²) < 4.78 is 6.38. The normalized spacial score (nSPS) is 14.5. The van der Waals surface area contributed by atoms with Crippen LogP contribution in [0.5, 0.6) is 0 Å². The maximum absolute atomic E-state index is 12.3. The summed E-state index contributed by atoms with van der Waals surface area (Å²) in [4.78, 5) is 14.6. The highest BCUT2D eigenvalue weighted by atomic mass is 79.9. The fourth-order valence-corrected chi connectivity index (χ4v) is 3.27. The standard InChI is InChI=1S/C19H21BrN2O2/c1-14-12-16(20)4-7-18(14)21-19(23)13-15-2-5-17(6-3-15)22-8-10-24-11-9-22/h2-7,12H,8-11,13H2,1H3,(H,21,23). The first kappa shape index (κ1) is 17.0. The first-order valence-corrected chi connectivity index (χ1v) is 8.89. The minimum atomic E-state index is -0.000421. The summed E-state index contributed by atoms with van der Waals surface area (Å²) in [6.07, 6.45) is 0.374. The van der Waals surface area contributed by atoms with Crippen LogP contribution in [0, 0.1) is 6.92 Å². The SMILES string of the molecule is Cc1cc(Br)ccc1NC(=O)Cc1ccc(N2CCOCC2)cc1. The van der Waals surface area contributed by atoms with E-state index in [1.807, 2.05) is 37.3 Å². The van der Waals surface area contributed by atoms with Gasteiger partial charge in [0, 0.05) is 28.9 Å². The molecule has 3 rings (SSSR count). The Hall–Kier alpha value is -1.85. The zero-order chi connectivity index (χ0) is 16.9. The van der Waals surface area contributed by atoms with Crippen LogP contribution < -0.4 is 10.2 Å². The van der Waals surface area contributed by atoms with E-state index in [1.165, 1.54) is 5.69 Å². The topological polar surface area (TPSA) is 41.6 Å². The van der Waals surface area contributed by atoms with Crippen molar-refractivity contribution in [3.05, 3.63) is 58.1 Å². The van der Waals surface area contributed by atoms with E-state index in [0.29, 0.717) is 6.42 Å². The second-order valence-corrected chi connectivity index (χ2v) is 6.87. The molecule has 0 aromatic heterocycles. The quantitative estimate of drug-likeness (QED) is 0.866. The Morgan fingerprint density at radius 1 is 1.17 bits per heavy atom. The lowest BCUT2D eigenvalue weighted by Gasteiger charge is -2.28. The summed E-state index contributed by atoms with van der Waals surface area (Å²) in [6.45, 7) is 5.37. The van der Waals surface area contributed by atoms with Gasteiger partial charge in [0.25, 0.3) is 0 Å². The molecular formula is C19H21BrN2O2. The Morgan fingerprint density at radius 3 is 2.54 bits per heavy atom. The lowest BCUT2D eigenvalue weighted by atomic mass is 10.1. The van der Waals surface area contributed by atoms with Gasteiger partial charge in [0.05, 0.1) is 19.6 Å². The number of hydrogen-bond acceptors (Lipinski definition) is 3. The van der Waals surface area contributed by atoms with Crippen molar-refractivity contribution in [2.75, 3.05) is 36.5 Å². The number of carbonyl (C=O) groups excluding carboxylic acids is 1. The van der Waals surface area contributed by atoms with E-state index in [4.69, 9.17) is 4.74 Å². The molecule has 0 bridgehead atoms. The van der Waals surface area contributed by atoms with Gasteiger partial charge in [-0.05, 0) is 48.4 Å². The first-order valence-electron chi connectivity index (χ1n) is 8.09. The van der Waals surface area contributed by atoms with Gasteiger partial charge in [0.2, 0.25) is 5.91 Å². The summed E-state index contributed by atoms with van der Waals surface area (Å²) in [5.41, 5.74) is 4.10. The number of benzene rings is 2. The Bertz CT molecular complexity index is 710. The van der Waals surface area contributed by atoms with Gasteiger partial charge in [0.15, 0.2) is 0 Å². The molecule has 0 saturated carbocycles. The van der Waals surface area contributed by atoms with Crippen molar-refractivity contribution in [3.8, 4) is 0 Å². The lowest BCUT2D eigenvalue weighted by Crippen LogP contribution is -2.36. The summed E-state index contributed by atoms with van der Waals surface area (Å²) >= 11 is 3.43. The molecule has 1 N–H and O–H groups in total. The van der Waals surface area contributed by atoms with Gasteiger partial charge in [-0.2, -0.15) is 0 Å². The number of hydrogen-bond donors (Lipinski definition) is 1. The Kier molecular flexibility index (Phi) is 5.53. The zero-order valence-electron chi connectivity index (χ0n) is 13.7. The average Bonchev–Trinajstić information content (AvgIpc) is 2.59. The van der Waals surface area contributed by atoms with Gasteiger partial charge in [-0.1, -0.05) is 28.1 Å². The minimum Gasteiger partial charge on any atom is -0.378 e. The second kappa shape index (κ2) is 7.81. The summed E-state index contributed by atoms with van der Waals surface area (Å²) in [5.74, 6) is -0.000421. The zero-order valence-corrected chi connectivity index (χ0v) is 15.3. The van der Waals surface area contributed by atoms with Gasteiger partial charge in [-0.3, -0.25) is 4.79 Å². The number of amides is 1. The van der Waals surface area contributed by atoms with Crippen molar-refractivity contribution in [2.45, 2.75) is 13.3 Å². The predicted molar refractivity (Wildman–Crippen MR) is 101 cm³/mol. The van der Waals surface area contributed by atoms with Crippen molar-refractivity contribution in [3.63, 3.8) is 0 Å². The average molecular weight is 389 g/mol. The van der Waals surface area contributed by atoms with E-state index in [0.717, 1.165) is 47.6 Å². The molecule has 126 valence electrons. The molecule has 2 aromatic rings. The van der Waals surface area contributed by atoms with Crippen molar-refractivity contribution in [2.24, 2.45) is 0 Å². The minimum absolute atomic E-state index is 0.000421. The number of aryl methyl sites for hydroxylation is 1. The monoisotopic (exact) mass is 388 g/mol. The smallest absolute Gasteiger partial charge is 0.228 e. The number of morpholine rings is 1. The third-order valence-electron chi connectivity index (χ3n) is 4.14. The first-order chi connectivity index (χ1) is 11.6. The van der Waals surface area contributed by atoms with E-state index in [2.05, 4.69) is 38.3 Å². The molecule has 0 atom stereocenters. The maximum atomic E-state index is 12.3. The summed E-state index contributed by atoms with van der Waals surface area (Å²) in [5, 5.41) is 2.98. The molecule has 1 fully saturated rings. The number of anilines is 2. The largest absolute Gasteiger partial charge is 0.378 e. The van der Waals surface area contributed by atoms with Crippen LogP contribution in [0.25, 0.3) is 0 Å². The van der Waals surface area contributed by atoms with Crippen molar-refractivity contribution < 1.29 is 9.53 Å². The second-order valence-electron chi connectivity index (χ2n) is 5.95. The van der Waals surface area contributed by atoms with Gasteiger partial charge in [0.1, 0.15) is 0 Å². The number of carbonyl (C=O) groups is 1. The highest BCUT2D eigenvalue weighted by Crippen LogP contribution is 2.21. The van der Waals surface area contributed by atoms with Crippen LogP contribution in [0.3, 0.4) is 0 Å². The van der Waals surface area contributed by atoms with Gasteiger partial charge in [-0.25, -0.2) is 0 Å². The number of halogens is 1. The van der Waals surface area contributed by atoms with E-state index >= 15 is 0 Å². The van der Waals surface area contributed by atoms with Crippen molar-refractivity contribution in [1.82, 2.24) is 0 Å². The highest BCUT2D eigenvalue weighted by Gasteiger charge is 2.11. The van der Waals surface area contributed by atoms with Crippen LogP contribution in [0.1, 0.15) is 11.1 Å². The molecule has 0 radical (unpaired) electrons. The molecule has 0 unspecified atom stereocenters. The van der Waals surface area contributed by atoms with Crippen LogP contribution in [-0.4, -0.2) is 32.2 Å². The fourth-order valence-electron chi connectivity index (χ4n) is 2.79. The molecule has 0 spiro atoms. The molecule has 1 saturated heterocycles. The van der Waals surface area contributed by atoms with E-state index in [-0.39, 0.29) is 5.91 Å². The van der Waals surface area contributed by atoms with Crippen LogP contribution in [0.2, 0.25) is 0 Å². The Labute approximate surface area is 150 Å².